The molecule has 1 aliphatic rings. The minimum Gasteiger partial charge on any atom is -0.478 e. The van der Waals surface area contributed by atoms with Gasteiger partial charge in [0.1, 0.15) is 5.56 Å². The number of anilines is 1. The van der Waals surface area contributed by atoms with Crippen LogP contribution in [-0.2, 0) is 4.74 Å². The number of aromatic carboxylic acids is 1. The third kappa shape index (κ3) is 4.91. The Morgan fingerprint density at radius 2 is 2.14 bits per heavy atom. The summed E-state index contributed by atoms with van der Waals surface area (Å²) >= 11 is 5.82. The lowest BCUT2D eigenvalue weighted by Gasteiger charge is -2.11. The zero-order valence-electron chi connectivity index (χ0n) is 11.4. The predicted octanol–water partition coefficient (Wildman–Crippen LogP) is 2.59. The number of hydrogen-bond acceptors (Lipinski definition) is 3. The van der Waals surface area contributed by atoms with E-state index in [9.17, 15) is 9.59 Å². The maximum Gasteiger partial charge on any atom is 0.339 e. The number of halogens is 1. The molecular formula is C14H17ClN2O4. The van der Waals surface area contributed by atoms with Gasteiger partial charge in [-0.15, -0.1) is 0 Å². The first-order valence-electron chi connectivity index (χ1n) is 6.72. The summed E-state index contributed by atoms with van der Waals surface area (Å²) in [6.07, 6.45) is 2.45. The highest BCUT2D eigenvalue weighted by molar-refractivity contribution is 6.34. The minimum absolute atomic E-state index is 0.0769. The number of amides is 2. The third-order valence-corrected chi connectivity index (χ3v) is 3.37. The zero-order valence-corrected chi connectivity index (χ0v) is 12.2. The van der Waals surface area contributed by atoms with Crippen LogP contribution in [0.2, 0.25) is 5.02 Å². The van der Waals surface area contributed by atoms with Crippen LogP contribution in [0.3, 0.4) is 0 Å². The van der Waals surface area contributed by atoms with Gasteiger partial charge in [0.2, 0.25) is 0 Å². The van der Waals surface area contributed by atoms with Gasteiger partial charge in [-0.2, -0.15) is 0 Å². The van der Waals surface area contributed by atoms with Crippen molar-refractivity contribution in [2.45, 2.75) is 12.8 Å². The Labute approximate surface area is 127 Å². The molecule has 7 heteroatoms. The van der Waals surface area contributed by atoms with Crippen molar-refractivity contribution in [3.8, 4) is 0 Å². The van der Waals surface area contributed by atoms with Gasteiger partial charge in [0.25, 0.3) is 0 Å². The number of urea groups is 1. The van der Waals surface area contributed by atoms with Crippen molar-refractivity contribution in [3.05, 3.63) is 28.8 Å². The van der Waals surface area contributed by atoms with Crippen molar-refractivity contribution in [2.75, 3.05) is 25.1 Å². The van der Waals surface area contributed by atoms with Gasteiger partial charge in [-0.25, -0.2) is 9.59 Å². The van der Waals surface area contributed by atoms with Gasteiger partial charge in [0.05, 0.1) is 17.3 Å². The second-order valence-electron chi connectivity index (χ2n) is 4.87. The summed E-state index contributed by atoms with van der Waals surface area (Å²) in [7, 11) is 0. The number of ether oxygens (including phenoxy) is 1. The topological polar surface area (TPSA) is 87.7 Å². The Morgan fingerprint density at radius 3 is 2.81 bits per heavy atom. The molecule has 21 heavy (non-hydrogen) atoms. The van der Waals surface area contributed by atoms with Gasteiger partial charge >= 0.3 is 12.0 Å². The standard InChI is InChI=1S/C14H17ClN2O4/c15-10-2-1-3-11(12(10)13(18)19)17-14(20)16-6-7-21-8-9-4-5-9/h1-3,9H,4-8H2,(H,18,19)(H2,16,17,20). The molecule has 0 saturated heterocycles. The molecule has 1 aliphatic carbocycles. The fourth-order valence-corrected chi connectivity index (χ4v) is 2.04. The molecule has 0 radical (unpaired) electrons. The van der Waals surface area contributed by atoms with Gasteiger partial charge in [-0.05, 0) is 30.9 Å². The molecule has 0 spiro atoms. The number of hydrogen-bond donors (Lipinski definition) is 3. The van der Waals surface area contributed by atoms with E-state index in [-0.39, 0.29) is 16.3 Å². The van der Waals surface area contributed by atoms with Crippen LogP contribution in [0.25, 0.3) is 0 Å². The van der Waals surface area contributed by atoms with E-state index in [1.807, 2.05) is 0 Å². The van der Waals surface area contributed by atoms with E-state index in [2.05, 4.69) is 10.6 Å². The third-order valence-electron chi connectivity index (χ3n) is 3.06. The molecular weight excluding hydrogens is 296 g/mol. The van der Waals surface area contributed by atoms with Gasteiger partial charge in [-0.3, -0.25) is 0 Å². The largest absolute Gasteiger partial charge is 0.478 e. The monoisotopic (exact) mass is 312 g/mol. The summed E-state index contributed by atoms with van der Waals surface area (Å²) in [5, 5.41) is 14.2. The van der Waals surface area contributed by atoms with Crippen molar-refractivity contribution in [2.24, 2.45) is 5.92 Å². The molecule has 0 aliphatic heterocycles. The Balaban J connectivity index is 1.78. The lowest BCUT2D eigenvalue weighted by atomic mass is 10.2. The van der Waals surface area contributed by atoms with Crippen molar-refractivity contribution in [3.63, 3.8) is 0 Å². The fourth-order valence-electron chi connectivity index (χ4n) is 1.78. The molecule has 1 aromatic rings. The number of rotatable bonds is 7. The van der Waals surface area contributed by atoms with Gasteiger partial charge in [0, 0.05) is 13.2 Å². The lowest BCUT2D eigenvalue weighted by molar-refractivity contribution is 0.0698. The van der Waals surface area contributed by atoms with E-state index in [0.717, 1.165) is 6.61 Å². The van der Waals surface area contributed by atoms with E-state index in [1.165, 1.54) is 25.0 Å². The highest BCUT2D eigenvalue weighted by Crippen LogP contribution is 2.28. The second kappa shape index (κ2) is 7.28. The van der Waals surface area contributed by atoms with E-state index < -0.39 is 12.0 Å². The van der Waals surface area contributed by atoms with E-state index in [4.69, 9.17) is 21.4 Å². The quantitative estimate of drug-likeness (QED) is 0.675. The molecule has 2 rings (SSSR count). The Kier molecular flexibility index (Phi) is 5.41. The number of benzene rings is 1. The molecule has 0 atom stereocenters. The molecule has 0 aromatic heterocycles. The number of nitrogens with one attached hydrogen (secondary N) is 2. The van der Waals surface area contributed by atoms with Crippen LogP contribution in [0.15, 0.2) is 18.2 Å². The summed E-state index contributed by atoms with van der Waals surface area (Å²) < 4.78 is 5.38. The van der Waals surface area contributed by atoms with Crippen molar-refractivity contribution in [1.29, 1.82) is 0 Å². The van der Waals surface area contributed by atoms with Crippen LogP contribution in [0.1, 0.15) is 23.2 Å². The van der Waals surface area contributed by atoms with Gasteiger partial charge < -0.3 is 20.5 Å². The maximum atomic E-state index is 11.7. The molecule has 1 saturated carbocycles. The van der Waals surface area contributed by atoms with Crippen molar-refractivity contribution < 1.29 is 19.4 Å². The normalized spacial score (nSPS) is 13.8. The highest BCUT2D eigenvalue weighted by Gasteiger charge is 2.21. The number of carbonyl (C=O) groups is 2. The molecule has 3 N–H and O–H groups in total. The summed E-state index contributed by atoms with van der Waals surface area (Å²) in [6, 6.07) is 4.02. The Morgan fingerprint density at radius 1 is 1.38 bits per heavy atom. The maximum absolute atomic E-state index is 11.7. The van der Waals surface area contributed by atoms with E-state index in [1.54, 1.807) is 6.07 Å². The predicted molar refractivity (Wildman–Crippen MR) is 79.0 cm³/mol. The summed E-state index contributed by atoms with van der Waals surface area (Å²) in [5.74, 6) is -0.507. The number of carbonyl (C=O) groups excluding carboxylic acids is 1. The Hall–Kier alpha value is -1.79. The first-order valence-corrected chi connectivity index (χ1v) is 7.10. The van der Waals surface area contributed by atoms with Crippen LogP contribution >= 0.6 is 11.6 Å². The first kappa shape index (κ1) is 15.6. The lowest BCUT2D eigenvalue weighted by Crippen LogP contribution is -2.32. The summed E-state index contributed by atoms with van der Waals surface area (Å²) in [6.45, 7) is 1.54. The molecule has 1 aromatic carbocycles. The van der Waals surface area contributed by atoms with Crippen LogP contribution in [0.4, 0.5) is 10.5 Å². The molecule has 6 nitrogen and oxygen atoms in total. The smallest absolute Gasteiger partial charge is 0.339 e. The van der Waals surface area contributed by atoms with Crippen LogP contribution < -0.4 is 10.6 Å². The van der Waals surface area contributed by atoms with E-state index in [0.29, 0.717) is 19.1 Å². The molecule has 2 amide bonds. The molecule has 1 fully saturated rings. The summed E-state index contributed by atoms with van der Waals surface area (Å²) in [5.41, 5.74) is 0.0331. The zero-order chi connectivity index (χ0) is 15.2. The van der Waals surface area contributed by atoms with Gasteiger partial charge in [-0.1, -0.05) is 17.7 Å². The first-order chi connectivity index (χ1) is 10.1. The fraction of sp³-hybridized carbons (Fsp3) is 0.429. The SMILES string of the molecule is O=C(NCCOCC1CC1)Nc1cccc(Cl)c1C(=O)O. The number of carboxylic acids is 1. The van der Waals surface area contributed by atoms with Crippen LogP contribution in [0, 0.1) is 5.92 Å². The average Bonchev–Trinajstić information content (AvgIpc) is 3.22. The van der Waals surface area contributed by atoms with Crippen molar-refractivity contribution >= 4 is 29.3 Å². The van der Waals surface area contributed by atoms with Gasteiger partial charge in [0.15, 0.2) is 0 Å². The van der Waals surface area contributed by atoms with Crippen molar-refractivity contribution in [1.82, 2.24) is 5.32 Å². The molecule has 0 bridgehead atoms. The minimum atomic E-state index is -1.19. The van der Waals surface area contributed by atoms with Crippen LogP contribution in [-0.4, -0.2) is 36.9 Å². The molecule has 114 valence electrons. The van der Waals surface area contributed by atoms with E-state index >= 15 is 0 Å². The molecule has 0 unspecified atom stereocenters. The second-order valence-corrected chi connectivity index (χ2v) is 5.27. The molecule has 0 heterocycles. The highest BCUT2D eigenvalue weighted by atomic mass is 35.5. The average molecular weight is 313 g/mol. The summed E-state index contributed by atoms with van der Waals surface area (Å²) in [4.78, 5) is 22.8. The number of carboxylic acid groups (broad SMARTS) is 1. The Bertz CT molecular complexity index is 532. The van der Waals surface area contributed by atoms with Crippen LogP contribution in [0.5, 0.6) is 0 Å².